The molecular weight excluding hydrogens is 263 g/mol. The zero-order valence-corrected chi connectivity index (χ0v) is 10.3. The van der Waals surface area contributed by atoms with Crippen molar-refractivity contribution in [2.45, 2.75) is 25.9 Å². The van der Waals surface area contributed by atoms with Crippen molar-refractivity contribution in [3.8, 4) is 0 Å². The molecule has 0 spiro atoms. The van der Waals surface area contributed by atoms with Gasteiger partial charge in [-0.15, -0.1) is 0 Å². The predicted octanol–water partition coefficient (Wildman–Crippen LogP) is 2.03. The second kappa shape index (κ2) is 4.75. The van der Waals surface area contributed by atoms with E-state index in [1.54, 1.807) is 4.90 Å². The van der Waals surface area contributed by atoms with Gasteiger partial charge >= 0.3 is 6.18 Å². The maximum atomic E-state index is 12.7. The summed E-state index contributed by atoms with van der Waals surface area (Å²) in [5.41, 5.74) is 3.54. The number of oxazole rings is 1. The number of primary amides is 1. The summed E-state index contributed by atoms with van der Waals surface area (Å²) in [4.78, 5) is 16.0. The van der Waals surface area contributed by atoms with E-state index in [2.05, 4.69) is 4.98 Å². The molecule has 1 unspecified atom stereocenters. The van der Waals surface area contributed by atoms with E-state index in [0.29, 0.717) is 19.0 Å². The number of nitrogens with two attached hydrogens (primary N) is 1. The first-order valence-electron chi connectivity index (χ1n) is 5.92. The molecule has 0 saturated carbocycles. The summed E-state index contributed by atoms with van der Waals surface area (Å²) in [5, 5.41) is 0. The van der Waals surface area contributed by atoms with Crippen LogP contribution in [0.2, 0.25) is 0 Å². The highest BCUT2D eigenvalue weighted by Crippen LogP contribution is 2.34. The van der Waals surface area contributed by atoms with Crippen LogP contribution in [0.25, 0.3) is 0 Å². The number of halogens is 3. The fourth-order valence-electron chi connectivity index (χ4n) is 2.17. The van der Waals surface area contributed by atoms with E-state index in [1.807, 2.05) is 6.92 Å². The van der Waals surface area contributed by atoms with Gasteiger partial charge in [-0.3, -0.25) is 4.79 Å². The van der Waals surface area contributed by atoms with Gasteiger partial charge in [-0.25, -0.2) is 0 Å². The van der Waals surface area contributed by atoms with E-state index in [0.717, 1.165) is 12.8 Å². The molecule has 0 bridgehead atoms. The van der Waals surface area contributed by atoms with Crippen molar-refractivity contribution in [3.63, 3.8) is 0 Å². The third-order valence-corrected chi connectivity index (χ3v) is 3.04. The molecule has 1 amide bonds. The van der Waals surface area contributed by atoms with E-state index in [1.165, 1.54) is 0 Å². The summed E-state index contributed by atoms with van der Waals surface area (Å²) >= 11 is 0. The summed E-state index contributed by atoms with van der Waals surface area (Å²) in [7, 11) is 0. The van der Waals surface area contributed by atoms with Crippen molar-refractivity contribution in [2.24, 2.45) is 11.7 Å². The molecule has 106 valence electrons. The van der Waals surface area contributed by atoms with E-state index < -0.39 is 23.5 Å². The fourth-order valence-corrected chi connectivity index (χ4v) is 2.17. The Balaban J connectivity index is 2.35. The second-order valence-corrected chi connectivity index (χ2v) is 4.73. The Hall–Kier alpha value is -1.73. The lowest BCUT2D eigenvalue weighted by molar-refractivity contribution is -0.141. The molecule has 2 rings (SSSR count). The number of piperidine rings is 1. The highest BCUT2D eigenvalue weighted by atomic mass is 19.4. The molecule has 5 nitrogen and oxygen atoms in total. The van der Waals surface area contributed by atoms with Crippen LogP contribution in [0.15, 0.2) is 4.42 Å². The van der Waals surface area contributed by atoms with Crippen molar-refractivity contribution >= 4 is 11.9 Å². The first kappa shape index (κ1) is 13.7. The molecule has 1 aromatic rings. The Morgan fingerprint density at radius 1 is 1.53 bits per heavy atom. The van der Waals surface area contributed by atoms with E-state index in [4.69, 9.17) is 10.2 Å². The molecule has 1 aliphatic rings. The number of alkyl halides is 3. The largest absolute Gasteiger partial charge is 0.437 e. The van der Waals surface area contributed by atoms with Crippen LogP contribution in [0.5, 0.6) is 0 Å². The molecule has 1 fully saturated rings. The normalized spacial score (nSPS) is 20.6. The first-order valence-corrected chi connectivity index (χ1v) is 5.92. The maximum Gasteiger partial charge on any atom is 0.437 e. The third kappa shape index (κ3) is 2.82. The van der Waals surface area contributed by atoms with Crippen LogP contribution in [0.3, 0.4) is 0 Å². The second-order valence-electron chi connectivity index (χ2n) is 4.73. The van der Waals surface area contributed by atoms with Gasteiger partial charge in [-0.05, 0) is 18.8 Å². The van der Waals surface area contributed by atoms with Crippen LogP contribution in [0, 0.1) is 5.92 Å². The van der Waals surface area contributed by atoms with Crippen molar-refractivity contribution in [1.29, 1.82) is 0 Å². The van der Waals surface area contributed by atoms with Gasteiger partial charge in [0, 0.05) is 13.1 Å². The third-order valence-electron chi connectivity index (χ3n) is 3.04. The molecule has 0 aromatic carbocycles. The lowest BCUT2D eigenvalue weighted by atomic mass is 10.0. The van der Waals surface area contributed by atoms with Crippen LogP contribution >= 0.6 is 0 Å². The van der Waals surface area contributed by atoms with Gasteiger partial charge in [-0.2, -0.15) is 18.2 Å². The van der Waals surface area contributed by atoms with Gasteiger partial charge in [0.1, 0.15) is 0 Å². The molecule has 1 atom stereocenters. The maximum absolute atomic E-state index is 12.7. The molecule has 2 heterocycles. The van der Waals surface area contributed by atoms with Crippen LogP contribution in [-0.2, 0) is 6.18 Å². The molecule has 8 heteroatoms. The number of nitrogens with zero attached hydrogens (tertiary/aromatic N) is 2. The van der Waals surface area contributed by atoms with Crippen LogP contribution in [0.4, 0.5) is 19.2 Å². The number of carbonyl (C=O) groups is 1. The van der Waals surface area contributed by atoms with Gasteiger partial charge in [0.05, 0.1) is 0 Å². The predicted molar refractivity (Wildman–Crippen MR) is 60.6 cm³/mol. The monoisotopic (exact) mass is 277 g/mol. The minimum atomic E-state index is -4.76. The standard InChI is InChI=1S/C11H14F3N3O2/c1-6-3-2-4-17(5-6)10-16-8(11(12,13)14)7(19-10)9(15)18/h6H,2-5H2,1H3,(H2,15,18). The lowest BCUT2D eigenvalue weighted by Gasteiger charge is -2.29. The number of rotatable bonds is 2. The van der Waals surface area contributed by atoms with Crippen molar-refractivity contribution < 1.29 is 22.4 Å². The average molecular weight is 277 g/mol. The van der Waals surface area contributed by atoms with Crippen molar-refractivity contribution in [2.75, 3.05) is 18.0 Å². The summed E-state index contributed by atoms with van der Waals surface area (Å²) in [5.74, 6) is -1.86. The van der Waals surface area contributed by atoms with Gasteiger partial charge < -0.3 is 15.1 Å². The Bertz CT molecular complexity index is 484. The van der Waals surface area contributed by atoms with E-state index in [-0.39, 0.29) is 6.01 Å². The minimum Gasteiger partial charge on any atom is -0.417 e. The number of hydrogen-bond acceptors (Lipinski definition) is 4. The minimum absolute atomic E-state index is 0.187. The first-order chi connectivity index (χ1) is 8.79. The molecular formula is C11H14F3N3O2. The Morgan fingerprint density at radius 3 is 2.68 bits per heavy atom. The molecule has 1 aromatic heterocycles. The zero-order valence-electron chi connectivity index (χ0n) is 10.3. The van der Waals surface area contributed by atoms with Gasteiger partial charge in [0.25, 0.3) is 11.9 Å². The summed E-state index contributed by atoms with van der Waals surface area (Å²) in [6.45, 7) is 3.10. The van der Waals surface area contributed by atoms with Crippen molar-refractivity contribution in [1.82, 2.24) is 4.98 Å². The average Bonchev–Trinajstić information content (AvgIpc) is 2.73. The molecule has 1 aliphatic heterocycles. The highest BCUT2D eigenvalue weighted by Gasteiger charge is 2.41. The molecule has 2 N–H and O–H groups in total. The number of aromatic nitrogens is 1. The molecule has 19 heavy (non-hydrogen) atoms. The highest BCUT2D eigenvalue weighted by molar-refractivity contribution is 5.91. The van der Waals surface area contributed by atoms with E-state index in [9.17, 15) is 18.0 Å². The molecule has 1 saturated heterocycles. The Kier molecular flexibility index (Phi) is 3.42. The summed E-state index contributed by atoms with van der Waals surface area (Å²) in [6, 6.07) is -0.187. The van der Waals surface area contributed by atoms with Gasteiger partial charge in [-0.1, -0.05) is 6.92 Å². The number of anilines is 1. The summed E-state index contributed by atoms with van der Waals surface area (Å²) < 4.78 is 43.1. The van der Waals surface area contributed by atoms with Crippen LogP contribution < -0.4 is 10.6 Å². The van der Waals surface area contributed by atoms with Gasteiger partial charge in [0.2, 0.25) is 5.76 Å². The quantitative estimate of drug-likeness (QED) is 0.897. The molecule has 0 aliphatic carbocycles. The number of hydrogen-bond donors (Lipinski definition) is 1. The SMILES string of the molecule is CC1CCCN(c2nc(C(F)(F)F)c(C(N)=O)o2)C1. The number of carbonyl (C=O) groups excluding carboxylic acids is 1. The van der Waals surface area contributed by atoms with Gasteiger partial charge in [0.15, 0.2) is 5.69 Å². The Morgan fingerprint density at radius 2 is 2.21 bits per heavy atom. The van der Waals surface area contributed by atoms with Crippen molar-refractivity contribution in [3.05, 3.63) is 11.5 Å². The summed E-state index contributed by atoms with van der Waals surface area (Å²) in [6.07, 6.45) is -2.91. The topological polar surface area (TPSA) is 72.4 Å². The smallest absolute Gasteiger partial charge is 0.417 e. The zero-order chi connectivity index (χ0) is 14.2. The molecule has 0 radical (unpaired) electrons. The van der Waals surface area contributed by atoms with Crippen LogP contribution in [0.1, 0.15) is 36.0 Å². The van der Waals surface area contributed by atoms with E-state index >= 15 is 0 Å². The van der Waals surface area contributed by atoms with Crippen LogP contribution in [-0.4, -0.2) is 24.0 Å². The fraction of sp³-hybridized carbons (Fsp3) is 0.636. The Labute approximate surface area is 107 Å². The lowest BCUT2D eigenvalue weighted by Crippen LogP contribution is -2.34. The number of amides is 1.